The summed E-state index contributed by atoms with van der Waals surface area (Å²) in [5.74, 6) is 2.64. The number of carbonyl (C=O) groups is 1. The molecule has 2 aromatic rings. The number of H-pyrrole nitrogens is 1. The van der Waals surface area contributed by atoms with Gasteiger partial charge in [-0.25, -0.2) is 4.98 Å². The summed E-state index contributed by atoms with van der Waals surface area (Å²) in [7, 11) is 1.68. The van der Waals surface area contributed by atoms with Crippen molar-refractivity contribution in [3.05, 3.63) is 23.0 Å². The molecule has 2 aliphatic rings. The zero-order chi connectivity index (χ0) is 19.0. The molecule has 0 saturated carbocycles. The fourth-order valence-electron chi connectivity index (χ4n) is 3.91. The highest BCUT2D eigenvalue weighted by molar-refractivity contribution is 5.85. The van der Waals surface area contributed by atoms with E-state index in [4.69, 9.17) is 9.97 Å². The molecule has 3 N–H and O–H groups in total. The molecule has 1 amide bonds. The van der Waals surface area contributed by atoms with Gasteiger partial charge in [0.2, 0.25) is 11.9 Å². The second kappa shape index (κ2) is 7.17. The van der Waals surface area contributed by atoms with Crippen LogP contribution in [0.15, 0.2) is 6.07 Å². The van der Waals surface area contributed by atoms with Crippen LogP contribution in [0, 0.1) is 0 Å². The number of aromatic nitrogens is 4. The smallest absolute Gasteiger partial charge is 0.242 e. The zero-order valence-electron chi connectivity index (χ0n) is 16.2. The number of nitrogens with one attached hydrogen (secondary N) is 3. The molecule has 1 aliphatic carbocycles. The van der Waals surface area contributed by atoms with Crippen molar-refractivity contribution in [2.45, 2.75) is 57.9 Å². The van der Waals surface area contributed by atoms with Crippen molar-refractivity contribution in [3.8, 4) is 0 Å². The van der Waals surface area contributed by atoms with Crippen LogP contribution in [-0.4, -0.2) is 45.7 Å². The third kappa shape index (κ3) is 3.36. The molecule has 27 heavy (non-hydrogen) atoms. The van der Waals surface area contributed by atoms with E-state index in [1.54, 1.807) is 7.05 Å². The van der Waals surface area contributed by atoms with Crippen LogP contribution in [0.2, 0.25) is 0 Å². The van der Waals surface area contributed by atoms with E-state index in [1.807, 2.05) is 11.0 Å². The van der Waals surface area contributed by atoms with E-state index in [0.29, 0.717) is 11.9 Å². The molecular formula is C19H27N7O. The summed E-state index contributed by atoms with van der Waals surface area (Å²) in [5.41, 5.74) is 3.34. The van der Waals surface area contributed by atoms with Crippen molar-refractivity contribution in [3.63, 3.8) is 0 Å². The van der Waals surface area contributed by atoms with Crippen molar-refractivity contribution >= 4 is 23.5 Å². The Morgan fingerprint density at radius 1 is 1.30 bits per heavy atom. The molecule has 144 valence electrons. The van der Waals surface area contributed by atoms with Crippen molar-refractivity contribution in [2.75, 3.05) is 23.8 Å². The molecule has 3 heterocycles. The van der Waals surface area contributed by atoms with Gasteiger partial charge < -0.3 is 15.5 Å². The second-order valence-electron chi connectivity index (χ2n) is 7.60. The summed E-state index contributed by atoms with van der Waals surface area (Å²) in [6.07, 6.45) is 4.81. The molecule has 0 bridgehead atoms. The minimum absolute atomic E-state index is 0.0278. The summed E-state index contributed by atoms with van der Waals surface area (Å²) in [6, 6.07) is 1.83. The van der Waals surface area contributed by atoms with Gasteiger partial charge in [0.05, 0.1) is 5.69 Å². The number of hydrogen-bond donors (Lipinski definition) is 3. The number of hydrogen-bond acceptors (Lipinski definition) is 6. The maximum Gasteiger partial charge on any atom is 0.242 e. The third-order valence-corrected chi connectivity index (χ3v) is 5.45. The average molecular weight is 369 g/mol. The molecular weight excluding hydrogens is 342 g/mol. The number of fused-ring (bicyclic) bond motifs is 1. The molecule has 1 atom stereocenters. The highest BCUT2D eigenvalue weighted by atomic mass is 16.2. The van der Waals surface area contributed by atoms with Gasteiger partial charge >= 0.3 is 0 Å². The number of anilines is 3. The minimum atomic E-state index is -0.194. The lowest BCUT2D eigenvalue weighted by Crippen LogP contribution is -2.42. The fraction of sp³-hybridized carbons (Fsp3) is 0.579. The van der Waals surface area contributed by atoms with Crippen molar-refractivity contribution in [2.24, 2.45) is 0 Å². The van der Waals surface area contributed by atoms with Gasteiger partial charge in [0.15, 0.2) is 5.82 Å². The first-order chi connectivity index (χ1) is 13.1. The van der Waals surface area contributed by atoms with E-state index in [0.717, 1.165) is 61.7 Å². The number of carbonyl (C=O) groups excluding carboxylic acids is 1. The number of amides is 1. The number of nitrogens with zero attached hydrogens (tertiary/aromatic N) is 4. The first kappa shape index (κ1) is 17.8. The minimum Gasteiger partial charge on any atom is -0.357 e. The van der Waals surface area contributed by atoms with Crippen LogP contribution in [0.3, 0.4) is 0 Å². The Hall–Kier alpha value is -2.64. The first-order valence-electron chi connectivity index (χ1n) is 9.77. The second-order valence-corrected chi connectivity index (χ2v) is 7.60. The lowest BCUT2D eigenvalue weighted by atomic mass is 10.1. The van der Waals surface area contributed by atoms with Crippen LogP contribution in [0.25, 0.3) is 0 Å². The molecule has 8 heteroatoms. The van der Waals surface area contributed by atoms with Crippen LogP contribution in [0.1, 0.15) is 56.0 Å². The van der Waals surface area contributed by atoms with Crippen LogP contribution in [0.4, 0.5) is 17.6 Å². The Morgan fingerprint density at radius 3 is 2.89 bits per heavy atom. The zero-order valence-corrected chi connectivity index (χ0v) is 16.2. The van der Waals surface area contributed by atoms with E-state index in [2.05, 4.69) is 34.7 Å². The highest BCUT2D eigenvalue weighted by Gasteiger charge is 2.33. The molecule has 0 unspecified atom stereocenters. The van der Waals surface area contributed by atoms with Crippen molar-refractivity contribution in [1.82, 2.24) is 25.5 Å². The summed E-state index contributed by atoms with van der Waals surface area (Å²) in [4.78, 5) is 23.9. The van der Waals surface area contributed by atoms with E-state index < -0.39 is 0 Å². The third-order valence-electron chi connectivity index (χ3n) is 5.45. The lowest BCUT2D eigenvalue weighted by molar-refractivity contribution is -0.121. The van der Waals surface area contributed by atoms with Crippen LogP contribution < -0.4 is 15.5 Å². The predicted molar refractivity (Wildman–Crippen MR) is 104 cm³/mol. The van der Waals surface area contributed by atoms with Crippen LogP contribution in [-0.2, 0) is 17.6 Å². The van der Waals surface area contributed by atoms with Gasteiger partial charge in [-0.3, -0.25) is 9.89 Å². The van der Waals surface area contributed by atoms with Gasteiger partial charge in [-0.1, -0.05) is 13.8 Å². The number of aromatic amines is 1. The monoisotopic (exact) mass is 369 g/mol. The highest BCUT2D eigenvalue weighted by Crippen LogP contribution is 2.32. The topological polar surface area (TPSA) is 98.8 Å². The molecule has 0 aromatic carbocycles. The Kier molecular flexibility index (Phi) is 4.72. The normalized spacial score (nSPS) is 18.8. The number of rotatable bonds is 5. The maximum absolute atomic E-state index is 12.2. The quantitative estimate of drug-likeness (QED) is 0.748. The first-order valence-corrected chi connectivity index (χ1v) is 9.77. The Bertz CT molecular complexity index is 845. The van der Waals surface area contributed by atoms with Gasteiger partial charge in [0.1, 0.15) is 11.9 Å². The van der Waals surface area contributed by atoms with E-state index in [-0.39, 0.29) is 11.9 Å². The van der Waals surface area contributed by atoms with Crippen LogP contribution >= 0.6 is 0 Å². The standard InChI is InChI=1S/C19H27N7O/c1-11(2)14-10-16(25-24-14)22-17-12-6-4-7-13(12)21-19(23-17)26-9-5-8-15(26)18(27)20-3/h10-11,15H,4-9H2,1-3H3,(H,20,27)(H2,21,22,23,24,25)/t15-/m1/s1. The summed E-state index contributed by atoms with van der Waals surface area (Å²) in [5, 5.41) is 13.6. The molecule has 8 nitrogen and oxygen atoms in total. The van der Waals surface area contributed by atoms with E-state index >= 15 is 0 Å². The van der Waals surface area contributed by atoms with Gasteiger partial charge in [-0.05, 0) is 38.0 Å². The summed E-state index contributed by atoms with van der Waals surface area (Å²) in [6.45, 7) is 5.06. The molecule has 1 fully saturated rings. The molecule has 1 saturated heterocycles. The Balaban J connectivity index is 1.66. The molecule has 0 radical (unpaired) electrons. The van der Waals surface area contributed by atoms with E-state index in [9.17, 15) is 4.79 Å². The Labute approximate surface area is 159 Å². The van der Waals surface area contributed by atoms with Gasteiger partial charge in [0.25, 0.3) is 0 Å². The Morgan fingerprint density at radius 2 is 2.15 bits per heavy atom. The van der Waals surface area contributed by atoms with Gasteiger partial charge in [0, 0.05) is 30.9 Å². The summed E-state index contributed by atoms with van der Waals surface area (Å²) >= 11 is 0. The van der Waals surface area contributed by atoms with E-state index in [1.165, 1.54) is 5.56 Å². The van der Waals surface area contributed by atoms with Gasteiger partial charge in [-0.2, -0.15) is 10.1 Å². The molecule has 2 aromatic heterocycles. The maximum atomic E-state index is 12.2. The predicted octanol–water partition coefficient (Wildman–Crippen LogP) is 2.27. The molecule has 0 spiro atoms. The molecule has 4 rings (SSSR count). The fourth-order valence-corrected chi connectivity index (χ4v) is 3.91. The van der Waals surface area contributed by atoms with Gasteiger partial charge in [-0.15, -0.1) is 0 Å². The molecule has 1 aliphatic heterocycles. The van der Waals surface area contributed by atoms with Crippen molar-refractivity contribution in [1.29, 1.82) is 0 Å². The SMILES string of the molecule is CNC(=O)[C@H]1CCCN1c1nc2c(c(Nc3cc(C(C)C)[nH]n3)n1)CCC2. The van der Waals surface area contributed by atoms with Crippen LogP contribution in [0.5, 0.6) is 0 Å². The number of likely N-dealkylation sites (N-methyl/N-ethyl adjacent to an activating group) is 1. The van der Waals surface area contributed by atoms with Crippen molar-refractivity contribution < 1.29 is 4.79 Å². The average Bonchev–Trinajstić information content (AvgIpc) is 3.40. The number of aryl methyl sites for hydroxylation is 1. The lowest BCUT2D eigenvalue weighted by Gasteiger charge is -2.24. The summed E-state index contributed by atoms with van der Waals surface area (Å²) < 4.78 is 0. The largest absolute Gasteiger partial charge is 0.357 e.